The van der Waals surface area contributed by atoms with Gasteiger partial charge in [-0.05, 0) is 39.0 Å². The van der Waals surface area contributed by atoms with Gasteiger partial charge in [0.05, 0.1) is 19.3 Å². The number of carbonyl (C=O) groups is 1. The minimum Gasteiger partial charge on any atom is -0.443 e. The third kappa shape index (κ3) is 4.21. The molecule has 7 nitrogen and oxygen atoms in total. The predicted octanol–water partition coefficient (Wildman–Crippen LogP) is 2.30. The highest BCUT2D eigenvalue weighted by molar-refractivity contribution is 5.86. The van der Waals surface area contributed by atoms with Gasteiger partial charge in [0, 0.05) is 6.20 Å². The Balaban J connectivity index is 2.15. The minimum atomic E-state index is -0.575. The molecule has 2 rings (SSSR count). The van der Waals surface area contributed by atoms with Gasteiger partial charge in [0.2, 0.25) is 0 Å². The van der Waals surface area contributed by atoms with E-state index in [1.165, 1.54) is 4.90 Å². The van der Waals surface area contributed by atoms with E-state index in [1.54, 1.807) is 35.3 Å². The number of hydrogen-bond acceptors (Lipinski definition) is 5. The van der Waals surface area contributed by atoms with Crippen LogP contribution in [0.4, 0.5) is 16.4 Å². The molecule has 0 radical (unpaired) electrons. The molecule has 0 aliphatic heterocycles. The van der Waals surface area contributed by atoms with Gasteiger partial charge in [-0.15, -0.1) is 0 Å². The van der Waals surface area contributed by atoms with Gasteiger partial charge >= 0.3 is 6.09 Å². The summed E-state index contributed by atoms with van der Waals surface area (Å²) in [6.45, 7) is 6.29. The molecule has 0 fully saturated rings. The van der Waals surface area contributed by atoms with Crippen LogP contribution in [0.15, 0.2) is 36.7 Å². The number of ether oxygens (including phenoxy) is 1. The fourth-order valence-corrected chi connectivity index (χ4v) is 1.85. The summed E-state index contributed by atoms with van der Waals surface area (Å²) in [5.41, 5.74) is 5.22. The van der Waals surface area contributed by atoms with Crippen LogP contribution in [0, 0.1) is 0 Å². The van der Waals surface area contributed by atoms with Gasteiger partial charge in [0.1, 0.15) is 17.2 Å². The molecule has 0 saturated carbocycles. The Kier molecular flexibility index (Phi) is 4.65. The zero-order valence-corrected chi connectivity index (χ0v) is 13.1. The van der Waals surface area contributed by atoms with Crippen LogP contribution in [0.25, 0.3) is 0 Å². The SMILES string of the molecule is CC(C)(C)OC(=O)N(CCn1nccc1N)c1ccccn1. The second-order valence-corrected chi connectivity index (χ2v) is 5.80. The monoisotopic (exact) mass is 303 g/mol. The summed E-state index contributed by atoms with van der Waals surface area (Å²) in [5, 5.41) is 4.11. The molecule has 0 atom stereocenters. The Hall–Kier alpha value is -2.57. The Morgan fingerprint density at radius 2 is 2.09 bits per heavy atom. The van der Waals surface area contributed by atoms with Crippen molar-refractivity contribution < 1.29 is 9.53 Å². The highest BCUT2D eigenvalue weighted by atomic mass is 16.6. The maximum Gasteiger partial charge on any atom is 0.416 e. The van der Waals surface area contributed by atoms with Crippen LogP contribution in [0.2, 0.25) is 0 Å². The number of carbonyl (C=O) groups excluding carboxylic acids is 1. The molecule has 0 aliphatic carbocycles. The quantitative estimate of drug-likeness (QED) is 0.936. The minimum absolute atomic E-state index is 0.359. The summed E-state index contributed by atoms with van der Waals surface area (Å²) < 4.78 is 7.07. The summed E-state index contributed by atoms with van der Waals surface area (Å²) in [4.78, 5) is 18.1. The van der Waals surface area contributed by atoms with E-state index in [0.717, 1.165) is 0 Å². The molecule has 0 aromatic carbocycles. The molecule has 0 saturated heterocycles. The highest BCUT2D eigenvalue weighted by Gasteiger charge is 2.24. The third-order valence-corrected chi connectivity index (χ3v) is 2.82. The largest absolute Gasteiger partial charge is 0.443 e. The van der Waals surface area contributed by atoms with E-state index >= 15 is 0 Å². The lowest BCUT2D eigenvalue weighted by molar-refractivity contribution is 0.0577. The van der Waals surface area contributed by atoms with Crippen molar-refractivity contribution in [3.63, 3.8) is 0 Å². The summed E-state index contributed by atoms with van der Waals surface area (Å²) >= 11 is 0. The lowest BCUT2D eigenvalue weighted by atomic mass is 10.2. The maximum atomic E-state index is 12.4. The molecule has 2 N–H and O–H groups in total. The smallest absolute Gasteiger partial charge is 0.416 e. The Morgan fingerprint density at radius 1 is 1.32 bits per heavy atom. The molecule has 1 amide bonds. The maximum absolute atomic E-state index is 12.4. The normalized spacial score (nSPS) is 11.2. The second-order valence-electron chi connectivity index (χ2n) is 5.80. The van der Waals surface area contributed by atoms with Gasteiger partial charge in [-0.25, -0.2) is 14.5 Å². The first kappa shape index (κ1) is 15.8. The van der Waals surface area contributed by atoms with Crippen molar-refractivity contribution in [2.24, 2.45) is 0 Å². The standard InChI is InChI=1S/C15H21N5O2/c1-15(2,3)22-14(21)19(13-6-4-5-8-17-13)10-11-20-12(16)7-9-18-20/h4-9H,10-11,16H2,1-3H3. The van der Waals surface area contributed by atoms with E-state index in [9.17, 15) is 4.79 Å². The molecule has 0 aliphatic rings. The molecule has 2 aromatic rings. The van der Waals surface area contributed by atoms with Gasteiger partial charge in [-0.3, -0.25) is 4.90 Å². The summed E-state index contributed by atoms with van der Waals surface area (Å²) in [5.74, 6) is 1.08. The fourth-order valence-electron chi connectivity index (χ4n) is 1.85. The number of pyridine rings is 1. The molecular weight excluding hydrogens is 282 g/mol. The second kappa shape index (κ2) is 6.46. The zero-order chi connectivity index (χ0) is 16.2. The number of anilines is 2. The first-order valence-corrected chi connectivity index (χ1v) is 7.06. The zero-order valence-electron chi connectivity index (χ0n) is 13.1. The van der Waals surface area contributed by atoms with Crippen LogP contribution < -0.4 is 10.6 Å². The lowest BCUT2D eigenvalue weighted by Gasteiger charge is -2.26. The Morgan fingerprint density at radius 3 is 2.64 bits per heavy atom. The van der Waals surface area contributed by atoms with E-state index < -0.39 is 11.7 Å². The molecular formula is C15H21N5O2. The molecule has 0 unspecified atom stereocenters. The van der Waals surface area contributed by atoms with E-state index in [-0.39, 0.29) is 0 Å². The third-order valence-electron chi connectivity index (χ3n) is 2.82. The van der Waals surface area contributed by atoms with Crippen LogP contribution in [-0.4, -0.2) is 33.0 Å². The molecule has 0 bridgehead atoms. The van der Waals surface area contributed by atoms with Gasteiger partial charge in [0.15, 0.2) is 0 Å². The first-order chi connectivity index (χ1) is 10.4. The van der Waals surface area contributed by atoms with Crippen LogP contribution in [0.1, 0.15) is 20.8 Å². The number of rotatable bonds is 4. The Bertz CT molecular complexity index is 618. The molecule has 118 valence electrons. The van der Waals surface area contributed by atoms with E-state index in [0.29, 0.717) is 24.7 Å². The topological polar surface area (TPSA) is 86.3 Å². The number of aromatic nitrogens is 3. The fraction of sp³-hybridized carbons (Fsp3) is 0.400. The lowest BCUT2D eigenvalue weighted by Crippen LogP contribution is -2.39. The van der Waals surface area contributed by atoms with Crippen LogP contribution in [0.5, 0.6) is 0 Å². The van der Waals surface area contributed by atoms with Gasteiger partial charge in [-0.2, -0.15) is 5.10 Å². The molecule has 22 heavy (non-hydrogen) atoms. The number of hydrogen-bond donors (Lipinski definition) is 1. The van der Waals surface area contributed by atoms with Gasteiger partial charge in [0.25, 0.3) is 0 Å². The van der Waals surface area contributed by atoms with Crippen LogP contribution in [-0.2, 0) is 11.3 Å². The van der Waals surface area contributed by atoms with Gasteiger partial charge < -0.3 is 10.5 Å². The van der Waals surface area contributed by atoms with Crippen molar-refractivity contribution in [2.75, 3.05) is 17.2 Å². The molecule has 7 heteroatoms. The summed E-state index contributed by atoms with van der Waals surface area (Å²) in [6.07, 6.45) is 2.81. The number of nitrogen functional groups attached to an aromatic ring is 1. The van der Waals surface area contributed by atoms with E-state index in [4.69, 9.17) is 10.5 Å². The predicted molar refractivity (Wildman–Crippen MR) is 84.5 cm³/mol. The number of amides is 1. The van der Waals surface area contributed by atoms with E-state index in [2.05, 4.69) is 10.1 Å². The summed E-state index contributed by atoms with van der Waals surface area (Å²) in [6, 6.07) is 7.08. The van der Waals surface area contributed by atoms with E-state index in [1.807, 2.05) is 26.8 Å². The van der Waals surface area contributed by atoms with Crippen LogP contribution >= 0.6 is 0 Å². The van der Waals surface area contributed by atoms with Gasteiger partial charge in [-0.1, -0.05) is 6.07 Å². The highest BCUT2D eigenvalue weighted by Crippen LogP contribution is 2.16. The molecule has 0 spiro atoms. The number of nitrogens with two attached hydrogens (primary N) is 1. The van der Waals surface area contributed by atoms with Crippen LogP contribution in [0.3, 0.4) is 0 Å². The average molecular weight is 303 g/mol. The molecule has 2 aromatic heterocycles. The Labute approximate surface area is 129 Å². The average Bonchev–Trinajstić information content (AvgIpc) is 2.84. The van der Waals surface area contributed by atoms with Crippen molar-refractivity contribution in [2.45, 2.75) is 32.9 Å². The van der Waals surface area contributed by atoms with Crippen molar-refractivity contribution in [3.05, 3.63) is 36.7 Å². The van der Waals surface area contributed by atoms with Crippen molar-refractivity contribution in [1.29, 1.82) is 0 Å². The number of nitrogens with zero attached hydrogens (tertiary/aromatic N) is 4. The molecule has 2 heterocycles. The summed E-state index contributed by atoms with van der Waals surface area (Å²) in [7, 11) is 0. The first-order valence-electron chi connectivity index (χ1n) is 7.06. The van der Waals surface area contributed by atoms with Crippen molar-refractivity contribution in [3.8, 4) is 0 Å². The van der Waals surface area contributed by atoms with Crippen molar-refractivity contribution in [1.82, 2.24) is 14.8 Å². The van der Waals surface area contributed by atoms with Crippen molar-refractivity contribution >= 4 is 17.7 Å².